The topological polar surface area (TPSA) is 90.0 Å². The summed E-state index contributed by atoms with van der Waals surface area (Å²) >= 11 is 1.31. The number of carbonyl (C=O) groups is 2. The van der Waals surface area contributed by atoms with Crippen molar-refractivity contribution in [1.29, 1.82) is 0 Å². The van der Waals surface area contributed by atoms with Crippen LogP contribution in [0, 0.1) is 0 Å². The minimum absolute atomic E-state index is 0.0473. The Labute approximate surface area is 189 Å². The van der Waals surface area contributed by atoms with E-state index in [1.165, 1.54) is 25.6 Å². The smallest absolute Gasteiger partial charge is 0.265 e. The third kappa shape index (κ3) is 4.11. The zero-order valence-electron chi connectivity index (χ0n) is 18.0. The van der Waals surface area contributed by atoms with E-state index in [9.17, 15) is 9.59 Å². The van der Waals surface area contributed by atoms with Crippen molar-refractivity contribution >= 4 is 34.0 Å². The van der Waals surface area contributed by atoms with Gasteiger partial charge in [-0.2, -0.15) is 0 Å². The molecule has 1 aliphatic rings. The summed E-state index contributed by atoms with van der Waals surface area (Å²) < 4.78 is 16.2. The van der Waals surface area contributed by atoms with Crippen LogP contribution in [0.4, 0.5) is 10.8 Å². The number of thiazole rings is 1. The van der Waals surface area contributed by atoms with Crippen molar-refractivity contribution in [3.63, 3.8) is 0 Å². The van der Waals surface area contributed by atoms with Gasteiger partial charge in [-0.15, -0.1) is 11.3 Å². The summed E-state index contributed by atoms with van der Waals surface area (Å²) in [6.45, 7) is 2.70. The third-order valence-electron chi connectivity index (χ3n) is 5.02. The van der Waals surface area contributed by atoms with Gasteiger partial charge in [-0.25, -0.2) is 4.98 Å². The maximum absolute atomic E-state index is 12.9. The maximum atomic E-state index is 12.9. The summed E-state index contributed by atoms with van der Waals surface area (Å²) in [4.78, 5) is 31.5. The number of nitrogens with zero attached hydrogens (tertiary/aromatic N) is 2. The molecule has 0 bridgehead atoms. The molecule has 4 rings (SSSR count). The number of amides is 2. The molecule has 1 N–H and O–H groups in total. The molecule has 32 heavy (non-hydrogen) atoms. The first-order valence-corrected chi connectivity index (χ1v) is 11.0. The summed E-state index contributed by atoms with van der Waals surface area (Å²) in [6.07, 6.45) is 0.842. The van der Waals surface area contributed by atoms with Crippen molar-refractivity contribution < 1.29 is 23.8 Å². The Balaban J connectivity index is 1.59. The lowest BCUT2D eigenvalue weighted by Gasteiger charge is -2.29. The Morgan fingerprint density at radius 3 is 2.66 bits per heavy atom. The van der Waals surface area contributed by atoms with Crippen LogP contribution in [0.5, 0.6) is 17.2 Å². The van der Waals surface area contributed by atoms with Gasteiger partial charge in [0.25, 0.3) is 11.8 Å². The molecular weight excluding hydrogens is 430 g/mol. The molecule has 2 aromatic carbocycles. The van der Waals surface area contributed by atoms with E-state index in [2.05, 4.69) is 10.3 Å². The molecule has 1 aromatic heterocycles. The number of aromatic nitrogens is 1. The Bertz CT molecular complexity index is 1140. The largest absolute Gasteiger partial charge is 0.496 e. The second kappa shape index (κ2) is 9.27. The number of fused-ring (bicyclic) bond motifs is 1. The average Bonchev–Trinajstić information content (AvgIpc) is 3.28. The average molecular weight is 454 g/mol. The summed E-state index contributed by atoms with van der Waals surface area (Å²) in [6, 6.07) is 10.8. The van der Waals surface area contributed by atoms with E-state index >= 15 is 0 Å². The summed E-state index contributed by atoms with van der Waals surface area (Å²) in [5.74, 6) is 1.06. The molecule has 0 spiro atoms. The molecule has 0 unspecified atom stereocenters. The second-order valence-corrected chi connectivity index (χ2v) is 7.90. The van der Waals surface area contributed by atoms with E-state index in [-0.39, 0.29) is 18.4 Å². The molecule has 166 valence electrons. The molecular formula is C23H23N3O5S. The number of rotatable bonds is 7. The van der Waals surface area contributed by atoms with Gasteiger partial charge in [0.1, 0.15) is 22.8 Å². The molecule has 0 atom stereocenters. The summed E-state index contributed by atoms with van der Waals surface area (Å²) in [5.41, 5.74) is 2.55. The van der Waals surface area contributed by atoms with Gasteiger partial charge in [-0.05, 0) is 36.8 Å². The predicted octanol–water partition coefficient (Wildman–Crippen LogP) is 4.22. The fourth-order valence-corrected chi connectivity index (χ4v) is 4.24. The van der Waals surface area contributed by atoms with Crippen LogP contribution in [-0.2, 0) is 4.79 Å². The molecule has 0 radical (unpaired) electrons. The van der Waals surface area contributed by atoms with E-state index in [0.29, 0.717) is 40.2 Å². The molecule has 0 aliphatic carbocycles. The molecule has 8 nitrogen and oxygen atoms in total. The molecule has 0 saturated carbocycles. The van der Waals surface area contributed by atoms with Gasteiger partial charge >= 0.3 is 0 Å². The highest BCUT2D eigenvalue weighted by molar-refractivity contribution is 7.14. The Morgan fingerprint density at radius 2 is 1.97 bits per heavy atom. The van der Waals surface area contributed by atoms with Crippen LogP contribution >= 0.6 is 11.3 Å². The quantitative estimate of drug-likeness (QED) is 0.576. The SMILES string of the molecule is CCCN1C(=O)COc2ccc(-c3csc(NC(=O)c4c(OC)cccc4OC)n3)cc21. The lowest BCUT2D eigenvalue weighted by atomic mass is 10.1. The monoisotopic (exact) mass is 453 g/mol. The number of methoxy groups -OCH3 is 2. The number of benzene rings is 2. The normalized spacial score (nSPS) is 12.7. The highest BCUT2D eigenvalue weighted by atomic mass is 32.1. The fourth-order valence-electron chi connectivity index (χ4n) is 3.53. The molecule has 3 aromatic rings. The first-order chi connectivity index (χ1) is 15.5. The van der Waals surface area contributed by atoms with Crippen LogP contribution in [0.3, 0.4) is 0 Å². The van der Waals surface area contributed by atoms with Crippen LogP contribution in [0.25, 0.3) is 11.3 Å². The standard InChI is InChI=1S/C23H23N3O5S/c1-4-10-26-16-11-14(8-9-17(16)31-12-20(26)27)15-13-32-23(24-15)25-22(28)21-18(29-2)6-5-7-19(21)30-3/h5-9,11,13H,4,10,12H2,1-3H3,(H,24,25,28). The van der Waals surface area contributed by atoms with Crippen molar-refractivity contribution in [3.8, 4) is 28.5 Å². The number of ether oxygens (including phenoxy) is 3. The van der Waals surface area contributed by atoms with Crippen molar-refractivity contribution in [2.75, 3.05) is 37.6 Å². The molecule has 1 aliphatic heterocycles. The van der Waals surface area contributed by atoms with Crippen LogP contribution in [0.2, 0.25) is 0 Å². The van der Waals surface area contributed by atoms with Crippen LogP contribution in [-0.4, -0.2) is 44.2 Å². The molecule has 2 amide bonds. The number of carbonyl (C=O) groups excluding carboxylic acids is 2. The minimum Gasteiger partial charge on any atom is -0.496 e. The third-order valence-corrected chi connectivity index (χ3v) is 5.78. The highest BCUT2D eigenvalue weighted by Crippen LogP contribution is 2.37. The molecule has 0 saturated heterocycles. The maximum Gasteiger partial charge on any atom is 0.265 e. The van der Waals surface area contributed by atoms with Gasteiger partial charge in [0, 0.05) is 17.5 Å². The lowest BCUT2D eigenvalue weighted by Crippen LogP contribution is -2.39. The lowest BCUT2D eigenvalue weighted by molar-refractivity contribution is -0.121. The first kappa shape index (κ1) is 21.6. The van der Waals surface area contributed by atoms with Gasteiger partial charge in [-0.1, -0.05) is 13.0 Å². The van der Waals surface area contributed by atoms with Crippen molar-refractivity contribution in [2.45, 2.75) is 13.3 Å². The van der Waals surface area contributed by atoms with E-state index in [1.54, 1.807) is 23.1 Å². The van der Waals surface area contributed by atoms with Gasteiger partial charge in [0.05, 0.1) is 25.6 Å². The molecule has 2 heterocycles. The molecule has 9 heteroatoms. The van der Waals surface area contributed by atoms with Crippen molar-refractivity contribution in [2.24, 2.45) is 0 Å². The number of hydrogen-bond donors (Lipinski definition) is 1. The van der Waals surface area contributed by atoms with Crippen LogP contribution in [0.1, 0.15) is 23.7 Å². The minimum atomic E-state index is -0.376. The predicted molar refractivity (Wildman–Crippen MR) is 123 cm³/mol. The zero-order valence-corrected chi connectivity index (χ0v) is 18.8. The number of hydrogen-bond acceptors (Lipinski definition) is 7. The number of anilines is 2. The zero-order chi connectivity index (χ0) is 22.7. The number of nitrogens with one attached hydrogen (secondary N) is 1. The Hall–Kier alpha value is -3.59. The fraction of sp³-hybridized carbons (Fsp3) is 0.261. The Kier molecular flexibility index (Phi) is 6.27. The van der Waals surface area contributed by atoms with Crippen LogP contribution < -0.4 is 24.4 Å². The first-order valence-electron chi connectivity index (χ1n) is 10.1. The van der Waals surface area contributed by atoms with Crippen LogP contribution in [0.15, 0.2) is 41.8 Å². The Morgan fingerprint density at radius 1 is 1.22 bits per heavy atom. The van der Waals surface area contributed by atoms with Gasteiger partial charge in [-0.3, -0.25) is 14.9 Å². The van der Waals surface area contributed by atoms with E-state index in [0.717, 1.165) is 17.7 Å². The summed E-state index contributed by atoms with van der Waals surface area (Å²) in [7, 11) is 3.00. The van der Waals surface area contributed by atoms with E-state index in [4.69, 9.17) is 14.2 Å². The highest BCUT2D eigenvalue weighted by Gasteiger charge is 2.26. The second-order valence-electron chi connectivity index (χ2n) is 7.05. The van der Waals surface area contributed by atoms with Gasteiger partial charge in [0.15, 0.2) is 11.7 Å². The molecule has 0 fully saturated rings. The van der Waals surface area contributed by atoms with Gasteiger partial charge in [0.2, 0.25) is 0 Å². The summed E-state index contributed by atoms with van der Waals surface area (Å²) in [5, 5.41) is 5.11. The van der Waals surface area contributed by atoms with E-state index in [1.807, 2.05) is 30.5 Å². The van der Waals surface area contributed by atoms with E-state index < -0.39 is 0 Å². The van der Waals surface area contributed by atoms with Crippen molar-refractivity contribution in [3.05, 3.63) is 47.3 Å². The van der Waals surface area contributed by atoms with Crippen molar-refractivity contribution in [1.82, 2.24) is 4.98 Å². The van der Waals surface area contributed by atoms with Gasteiger partial charge < -0.3 is 19.1 Å².